The minimum absolute atomic E-state index is 0.190. The highest BCUT2D eigenvalue weighted by Gasteiger charge is 2.19. The molecule has 6 aromatic carbocycles. The van der Waals surface area contributed by atoms with Crippen molar-refractivity contribution in [3.8, 4) is 23.0 Å². The Hall–Kier alpha value is -4.92. The zero-order valence-electron chi connectivity index (χ0n) is 24.7. The van der Waals surface area contributed by atoms with Gasteiger partial charge in [-0.2, -0.15) is 0 Å². The van der Waals surface area contributed by atoms with Crippen molar-refractivity contribution in [3.05, 3.63) is 145 Å². The molecule has 0 unspecified atom stereocenters. The fourth-order valence-electron chi connectivity index (χ4n) is 4.87. The predicted octanol–water partition coefficient (Wildman–Crippen LogP) is 8.96. The Morgan fingerprint density at radius 2 is 0.800 bits per heavy atom. The third-order valence-electron chi connectivity index (χ3n) is 7.50. The molecule has 0 spiro atoms. The largest absolute Gasteiger partial charge is 0.457 e. The Bertz CT molecular complexity index is 2190. The summed E-state index contributed by atoms with van der Waals surface area (Å²) >= 11 is 0. The van der Waals surface area contributed by atoms with Crippen molar-refractivity contribution >= 4 is 30.4 Å². The maximum absolute atomic E-state index is 13.1. The van der Waals surface area contributed by atoms with Gasteiger partial charge in [0.2, 0.25) is 19.7 Å². The molecule has 226 valence electrons. The van der Waals surface area contributed by atoms with E-state index < -0.39 is 19.7 Å². The quantitative estimate of drug-likeness (QED) is 0.158. The standard InChI is InChI=1S/C37H30O6S2/c1-3-27-6-18-35(19-7-27)45(40,41)37-22-14-31(15-23-37)43-33-11-9-28-8-10-32(24-29(28)25-33)42-30-12-20-36(21-13-30)44(38,39)34-16-4-26(2)5-17-34/h4-25H,3H2,1-2H3. The van der Waals surface area contributed by atoms with Crippen molar-refractivity contribution in [2.45, 2.75) is 39.9 Å². The van der Waals surface area contributed by atoms with Crippen molar-refractivity contribution in [2.24, 2.45) is 0 Å². The van der Waals surface area contributed by atoms with Crippen molar-refractivity contribution in [3.63, 3.8) is 0 Å². The smallest absolute Gasteiger partial charge is 0.206 e. The van der Waals surface area contributed by atoms with Crippen LogP contribution < -0.4 is 9.47 Å². The van der Waals surface area contributed by atoms with Gasteiger partial charge in [0.1, 0.15) is 23.0 Å². The number of hydrogen-bond donors (Lipinski definition) is 0. The first-order valence-electron chi connectivity index (χ1n) is 14.4. The summed E-state index contributed by atoms with van der Waals surface area (Å²) in [5.74, 6) is 2.16. The van der Waals surface area contributed by atoms with E-state index in [0.717, 1.165) is 28.3 Å². The number of hydrogen-bond acceptors (Lipinski definition) is 6. The fraction of sp³-hybridized carbons (Fsp3) is 0.0811. The first-order valence-corrected chi connectivity index (χ1v) is 17.3. The number of rotatable bonds is 9. The van der Waals surface area contributed by atoms with Gasteiger partial charge < -0.3 is 9.47 Å². The second-order valence-corrected chi connectivity index (χ2v) is 14.5. The Kier molecular flexibility index (Phi) is 8.18. The van der Waals surface area contributed by atoms with E-state index in [4.69, 9.17) is 9.47 Å². The van der Waals surface area contributed by atoms with Crippen LogP contribution in [0.15, 0.2) is 153 Å². The zero-order valence-corrected chi connectivity index (χ0v) is 26.3. The van der Waals surface area contributed by atoms with Crippen LogP contribution in [0.3, 0.4) is 0 Å². The van der Waals surface area contributed by atoms with E-state index in [-0.39, 0.29) is 19.6 Å². The molecule has 6 aromatic rings. The Morgan fingerprint density at radius 3 is 1.20 bits per heavy atom. The SMILES string of the molecule is CCc1ccc(S(=O)(=O)c2ccc(Oc3ccc4ccc(Oc5ccc(S(=O)(=O)c6ccc(C)cc6)cc5)cc4c3)cc2)cc1. The van der Waals surface area contributed by atoms with Gasteiger partial charge in [-0.25, -0.2) is 16.8 Å². The first-order chi connectivity index (χ1) is 21.6. The number of sulfone groups is 2. The zero-order chi connectivity index (χ0) is 31.6. The van der Waals surface area contributed by atoms with Crippen molar-refractivity contribution in [1.29, 1.82) is 0 Å². The molecule has 0 saturated carbocycles. The van der Waals surface area contributed by atoms with E-state index in [9.17, 15) is 16.8 Å². The molecule has 8 heteroatoms. The molecular formula is C37H30O6S2. The molecule has 0 aliphatic rings. The molecule has 0 saturated heterocycles. The third kappa shape index (κ3) is 6.48. The molecule has 0 aliphatic carbocycles. The molecule has 0 aromatic heterocycles. The van der Waals surface area contributed by atoms with Gasteiger partial charge in [0, 0.05) is 0 Å². The summed E-state index contributed by atoms with van der Waals surface area (Å²) in [4.78, 5) is 0.882. The highest BCUT2D eigenvalue weighted by molar-refractivity contribution is 7.91. The molecule has 0 heterocycles. The summed E-state index contributed by atoms with van der Waals surface area (Å²) in [5.41, 5.74) is 2.07. The summed E-state index contributed by atoms with van der Waals surface area (Å²) in [6.07, 6.45) is 0.840. The van der Waals surface area contributed by atoms with Crippen LogP contribution in [0.5, 0.6) is 23.0 Å². The molecule has 45 heavy (non-hydrogen) atoms. The molecule has 0 N–H and O–H groups in total. The summed E-state index contributed by atoms with van der Waals surface area (Å²) in [6, 6.07) is 37.7. The van der Waals surface area contributed by atoms with Gasteiger partial charge in [-0.1, -0.05) is 48.9 Å². The maximum atomic E-state index is 13.1. The van der Waals surface area contributed by atoms with Crippen LogP contribution in [0.2, 0.25) is 0 Å². The normalized spacial score (nSPS) is 11.8. The van der Waals surface area contributed by atoms with E-state index in [0.29, 0.717) is 23.0 Å². The van der Waals surface area contributed by atoms with Crippen LogP contribution in [-0.2, 0) is 26.1 Å². The average molecular weight is 635 g/mol. The maximum Gasteiger partial charge on any atom is 0.206 e. The molecule has 6 rings (SSSR count). The predicted molar refractivity (Wildman–Crippen MR) is 175 cm³/mol. The lowest BCUT2D eigenvalue weighted by atomic mass is 10.1. The summed E-state index contributed by atoms with van der Waals surface area (Å²) < 4.78 is 64.2. The highest BCUT2D eigenvalue weighted by atomic mass is 32.2. The molecule has 0 atom stereocenters. The summed E-state index contributed by atoms with van der Waals surface area (Å²) in [5, 5.41) is 1.85. The van der Waals surface area contributed by atoms with E-state index in [2.05, 4.69) is 0 Å². The monoisotopic (exact) mass is 634 g/mol. The number of fused-ring (bicyclic) bond motifs is 1. The van der Waals surface area contributed by atoms with E-state index in [1.54, 1.807) is 72.8 Å². The van der Waals surface area contributed by atoms with Gasteiger partial charge in [0.25, 0.3) is 0 Å². The van der Waals surface area contributed by atoms with Crippen LogP contribution in [0, 0.1) is 6.92 Å². The summed E-state index contributed by atoms with van der Waals surface area (Å²) in [7, 11) is -7.27. The summed E-state index contributed by atoms with van der Waals surface area (Å²) in [6.45, 7) is 3.93. The first kappa shape index (κ1) is 30.1. The van der Waals surface area contributed by atoms with Crippen molar-refractivity contribution in [1.82, 2.24) is 0 Å². The Balaban J connectivity index is 1.16. The lowest BCUT2D eigenvalue weighted by molar-refractivity contribution is 0.481. The molecular weight excluding hydrogens is 605 g/mol. The van der Waals surface area contributed by atoms with E-state index in [1.165, 1.54) is 12.1 Å². The van der Waals surface area contributed by atoms with E-state index >= 15 is 0 Å². The van der Waals surface area contributed by atoms with Gasteiger partial charge in [-0.05, 0) is 127 Å². The van der Waals surface area contributed by atoms with Crippen LogP contribution in [0.4, 0.5) is 0 Å². The topological polar surface area (TPSA) is 86.7 Å². The van der Waals surface area contributed by atoms with Crippen LogP contribution in [-0.4, -0.2) is 16.8 Å². The van der Waals surface area contributed by atoms with Gasteiger partial charge in [0.05, 0.1) is 19.6 Å². The lowest BCUT2D eigenvalue weighted by Crippen LogP contribution is -2.02. The van der Waals surface area contributed by atoms with Gasteiger partial charge in [0.15, 0.2) is 0 Å². The van der Waals surface area contributed by atoms with Crippen molar-refractivity contribution in [2.75, 3.05) is 0 Å². The fourth-order valence-corrected chi connectivity index (χ4v) is 7.39. The number of ether oxygens (including phenoxy) is 2. The van der Waals surface area contributed by atoms with Crippen molar-refractivity contribution < 1.29 is 26.3 Å². The molecule has 0 aliphatic heterocycles. The molecule has 0 bridgehead atoms. The second kappa shape index (κ2) is 12.2. The van der Waals surface area contributed by atoms with Gasteiger partial charge >= 0.3 is 0 Å². The Morgan fingerprint density at radius 1 is 0.444 bits per heavy atom. The molecule has 6 nitrogen and oxygen atoms in total. The second-order valence-electron chi connectivity index (χ2n) is 10.6. The minimum Gasteiger partial charge on any atom is -0.457 e. The number of benzene rings is 6. The average Bonchev–Trinajstić information content (AvgIpc) is 3.05. The molecule has 0 fully saturated rings. The van der Waals surface area contributed by atoms with Gasteiger partial charge in [-0.15, -0.1) is 0 Å². The van der Waals surface area contributed by atoms with E-state index in [1.807, 2.05) is 62.4 Å². The van der Waals surface area contributed by atoms with Crippen LogP contribution in [0.25, 0.3) is 10.8 Å². The lowest BCUT2D eigenvalue weighted by Gasteiger charge is -2.11. The molecule has 0 amide bonds. The van der Waals surface area contributed by atoms with Gasteiger partial charge in [-0.3, -0.25) is 0 Å². The third-order valence-corrected chi connectivity index (χ3v) is 11.1. The highest BCUT2D eigenvalue weighted by Crippen LogP contribution is 2.32. The van der Waals surface area contributed by atoms with Crippen LogP contribution >= 0.6 is 0 Å². The minimum atomic E-state index is -3.64. The number of aryl methyl sites for hydroxylation is 2. The Labute approximate surface area is 263 Å². The molecule has 0 radical (unpaired) electrons. The van der Waals surface area contributed by atoms with Crippen LogP contribution in [0.1, 0.15) is 18.1 Å².